The lowest BCUT2D eigenvalue weighted by atomic mass is 9.49. The van der Waals surface area contributed by atoms with Crippen molar-refractivity contribution in [3.63, 3.8) is 0 Å². The largest absolute Gasteiger partial charge is 0.361 e. The van der Waals surface area contributed by atoms with E-state index in [1.54, 1.807) is 0 Å². The van der Waals surface area contributed by atoms with Crippen LogP contribution in [0.3, 0.4) is 0 Å². The van der Waals surface area contributed by atoms with Crippen molar-refractivity contribution in [2.75, 3.05) is 11.9 Å². The molecule has 8 rings (SSSR count). The lowest BCUT2D eigenvalue weighted by Crippen LogP contribution is -2.58. The first-order valence-corrected chi connectivity index (χ1v) is 15.2. The first-order valence-electron chi connectivity index (χ1n) is 15.2. The maximum Gasteiger partial charge on any atom is 0.263 e. The molecule has 4 aliphatic rings. The van der Waals surface area contributed by atoms with E-state index in [0.29, 0.717) is 43.1 Å². The summed E-state index contributed by atoms with van der Waals surface area (Å²) in [4.78, 5) is 31.4. The fourth-order valence-electron chi connectivity index (χ4n) is 8.25. The highest BCUT2D eigenvalue weighted by molar-refractivity contribution is 5.91. The van der Waals surface area contributed by atoms with Gasteiger partial charge in [-0.25, -0.2) is 0 Å². The number of nitrogens with one attached hydrogen (secondary N) is 5. The van der Waals surface area contributed by atoms with Gasteiger partial charge in [0.25, 0.3) is 5.95 Å². The summed E-state index contributed by atoms with van der Waals surface area (Å²) in [5.74, 6) is 2.21. The van der Waals surface area contributed by atoms with Crippen LogP contribution in [0, 0.1) is 23.2 Å². The van der Waals surface area contributed by atoms with Gasteiger partial charge >= 0.3 is 0 Å². The number of hydrogen-bond donors (Lipinski definition) is 5. The van der Waals surface area contributed by atoms with Crippen LogP contribution in [0.1, 0.15) is 49.7 Å². The topological polar surface area (TPSA) is 140 Å². The molecule has 42 heavy (non-hydrogen) atoms. The third kappa shape index (κ3) is 5.49. The van der Waals surface area contributed by atoms with Gasteiger partial charge in [0.1, 0.15) is 6.04 Å². The normalized spacial score (nSPS) is 25.7. The second kappa shape index (κ2) is 11.2. The number of hydrogen-bond acceptors (Lipinski definition) is 6. The van der Waals surface area contributed by atoms with E-state index in [9.17, 15) is 9.59 Å². The minimum Gasteiger partial charge on any atom is -0.361 e. The number of nitrogens with zero attached hydrogens (tertiary/aromatic N) is 3. The lowest BCUT2D eigenvalue weighted by Gasteiger charge is -2.55. The Hall–Kier alpha value is -4.21. The molecule has 10 nitrogen and oxygen atoms in total. The number of aromatic nitrogens is 5. The Balaban J connectivity index is 1.11. The monoisotopic (exact) mass is 566 g/mol. The molecule has 10 heteroatoms. The van der Waals surface area contributed by atoms with E-state index in [4.69, 9.17) is 0 Å². The molecule has 4 fully saturated rings. The summed E-state index contributed by atoms with van der Waals surface area (Å²) in [6, 6.07) is 17.1. The molecule has 0 spiro atoms. The maximum absolute atomic E-state index is 14.1. The number of fused-ring (bicyclic) bond motifs is 1. The van der Waals surface area contributed by atoms with Gasteiger partial charge < -0.3 is 20.9 Å². The van der Waals surface area contributed by atoms with Crippen LogP contribution in [0.15, 0.2) is 60.8 Å². The van der Waals surface area contributed by atoms with Crippen molar-refractivity contribution in [2.24, 2.45) is 23.2 Å². The standard InChI is InChI=1S/C32H38N8O2/c41-29(35-25(19-34-31-37-39-40-38-31)14-24-18-33-27-9-5-4-8-26(24)27)28(13-20-6-2-1-3-7-20)36-30(42)32-15-21-10-22(16-32)12-23(11-21)17-32/h1-9,18,21-23,25,28,33H,10-17,19H2,(H,35,41)(H,36,42)(H2,34,37,38,39,40). The van der Waals surface area contributed by atoms with Crippen LogP contribution in [0.4, 0.5) is 5.95 Å². The van der Waals surface area contributed by atoms with Crippen molar-refractivity contribution in [1.82, 2.24) is 36.2 Å². The van der Waals surface area contributed by atoms with E-state index in [-0.39, 0.29) is 23.3 Å². The Kier molecular flexibility index (Phi) is 7.13. The van der Waals surface area contributed by atoms with E-state index in [0.717, 1.165) is 41.3 Å². The summed E-state index contributed by atoms with van der Waals surface area (Å²) in [6.45, 7) is 0.395. The van der Waals surface area contributed by atoms with E-state index in [1.807, 2.05) is 54.7 Å². The van der Waals surface area contributed by atoms with Crippen LogP contribution >= 0.6 is 0 Å². The highest BCUT2D eigenvalue weighted by Gasteiger charge is 2.55. The Morgan fingerprint density at radius 3 is 2.33 bits per heavy atom. The number of H-pyrrole nitrogens is 2. The fourth-order valence-corrected chi connectivity index (χ4v) is 8.25. The van der Waals surface area contributed by atoms with E-state index in [1.165, 1.54) is 19.3 Å². The predicted molar refractivity (Wildman–Crippen MR) is 159 cm³/mol. The molecule has 2 aromatic carbocycles. The molecule has 4 aliphatic carbocycles. The van der Waals surface area contributed by atoms with E-state index >= 15 is 0 Å². The summed E-state index contributed by atoms with van der Waals surface area (Å²) < 4.78 is 0. The summed E-state index contributed by atoms with van der Waals surface area (Å²) in [5.41, 5.74) is 2.84. The number of benzene rings is 2. The minimum atomic E-state index is -0.677. The summed E-state index contributed by atoms with van der Waals surface area (Å²) in [6.07, 6.45) is 9.70. The van der Waals surface area contributed by atoms with Gasteiger partial charge in [0.05, 0.1) is 6.04 Å². The van der Waals surface area contributed by atoms with Crippen molar-refractivity contribution in [3.05, 3.63) is 71.9 Å². The van der Waals surface area contributed by atoms with E-state index in [2.05, 4.69) is 47.6 Å². The van der Waals surface area contributed by atoms with Crippen LogP contribution in [-0.4, -0.2) is 56.1 Å². The SMILES string of the molecule is O=C(NC(CNc1nn[nH]n1)Cc1c[nH]c2ccccc12)C(Cc1ccccc1)NC(=O)C12CC3CC(CC(C3)C1)C2. The number of rotatable bonds is 11. The van der Waals surface area contributed by atoms with Crippen LogP contribution in [0.25, 0.3) is 10.9 Å². The Bertz CT molecular complexity index is 1500. The second-order valence-corrected chi connectivity index (χ2v) is 12.8. The number of amides is 2. The number of para-hydroxylation sites is 1. The van der Waals surface area contributed by atoms with Gasteiger partial charge in [-0.15, -0.1) is 5.10 Å². The molecular formula is C32H38N8O2. The Labute approximate surface area is 244 Å². The summed E-state index contributed by atoms with van der Waals surface area (Å²) >= 11 is 0. The maximum atomic E-state index is 14.1. The smallest absolute Gasteiger partial charge is 0.263 e. The van der Waals surface area contributed by atoms with Crippen molar-refractivity contribution < 1.29 is 9.59 Å². The number of carbonyl (C=O) groups is 2. The molecule has 0 radical (unpaired) electrons. The molecule has 2 atom stereocenters. The molecule has 2 unspecified atom stereocenters. The van der Waals surface area contributed by atoms with Gasteiger partial charge in [-0.2, -0.15) is 5.21 Å². The molecule has 4 aromatic rings. The van der Waals surface area contributed by atoms with Gasteiger partial charge in [0.15, 0.2) is 0 Å². The predicted octanol–water partition coefficient (Wildman–Crippen LogP) is 3.76. The van der Waals surface area contributed by atoms with Gasteiger partial charge in [0.2, 0.25) is 11.8 Å². The molecule has 0 saturated heterocycles. The third-order valence-corrected chi connectivity index (χ3v) is 9.76. The zero-order valence-electron chi connectivity index (χ0n) is 23.7. The highest BCUT2D eigenvalue weighted by atomic mass is 16.2. The van der Waals surface area contributed by atoms with Crippen molar-refractivity contribution in [3.8, 4) is 0 Å². The molecule has 5 N–H and O–H groups in total. The van der Waals surface area contributed by atoms with Crippen LogP contribution in [0.2, 0.25) is 0 Å². The van der Waals surface area contributed by atoms with Crippen molar-refractivity contribution in [1.29, 1.82) is 0 Å². The molecule has 2 heterocycles. The molecule has 218 valence electrons. The van der Waals surface area contributed by atoms with Crippen LogP contribution < -0.4 is 16.0 Å². The Morgan fingerprint density at radius 1 is 0.905 bits per heavy atom. The fraction of sp³-hybridized carbons (Fsp3) is 0.469. The van der Waals surface area contributed by atoms with Gasteiger partial charge in [0, 0.05) is 35.5 Å². The van der Waals surface area contributed by atoms with Gasteiger partial charge in [-0.05, 0) is 85.1 Å². The summed E-state index contributed by atoms with van der Waals surface area (Å²) in [5, 5.41) is 24.9. The average Bonchev–Trinajstić information content (AvgIpc) is 3.66. The number of tetrazole rings is 1. The van der Waals surface area contributed by atoms with Gasteiger partial charge in [-0.3, -0.25) is 9.59 Å². The highest BCUT2D eigenvalue weighted by Crippen LogP contribution is 2.60. The molecule has 0 aliphatic heterocycles. The molecule has 2 amide bonds. The quantitative estimate of drug-likeness (QED) is 0.187. The van der Waals surface area contributed by atoms with Crippen molar-refractivity contribution >= 4 is 28.7 Å². The first kappa shape index (κ1) is 26.7. The average molecular weight is 567 g/mol. The van der Waals surface area contributed by atoms with E-state index < -0.39 is 6.04 Å². The molecule has 4 bridgehead atoms. The number of carbonyl (C=O) groups excluding carboxylic acids is 2. The molecule has 2 aromatic heterocycles. The van der Waals surface area contributed by atoms with Gasteiger partial charge in [-0.1, -0.05) is 53.6 Å². The molecule has 4 saturated carbocycles. The van der Waals surface area contributed by atoms with Crippen LogP contribution in [0.5, 0.6) is 0 Å². The first-order chi connectivity index (χ1) is 20.5. The summed E-state index contributed by atoms with van der Waals surface area (Å²) in [7, 11) is 0. The number of anilines is 1. The zero-order valence-corrected chi connectivity index (χ0v) is 23.7. The lowest BCUT2D eigenvalue weighted by molar-refractivity contribution is -0.148. The third-order valence-electron chi connectivity index (χ3n) is 9.76. The molecular weight excluding hydrogens is 528 g/mol. The van der Waals surface area contributed by atoms with Crippen molar-refractivity contribution in [2.45, 2.75) is 63.5 Å². The number of aromatic amines is 2. The second-order valence-electron chi connectivity index (χ2n) is 12.8. The zero-order chi connectivity index (χ0) is 28.5. The van der Waals surface area contributed by atoms with Crippen LogP contribution in [-0.2, 0) is 22.4 Å². The Morgan fingerprint density at radius 2 is 1.62 bits per heavy atom. The minimum absolute atomic E-state index is 0.0655.